The lowest BCUT2D eigenvalue weighted by Gasteiger charge is -2.14. The van der Waals surface area contributed by atoms with Crippen LogP contribution in [0.25, 0.3) is 5.70 Å². The van der Waals surface area contributed by atoms with Gasteiger partial charge in [-0.2, -0.15) is 13.2 Å². The fraction of sp³-hybridized carbons (Fsp3) is 0.304. The second-order valence-corrected chi connectivity index (χ2v) is 9.03. The standard InChI is InChI=1S/C23H22ClF3N2O8S/c1-4-35-22(31)13(2)38-21(30)12-36-28-18(11-34-3)16-10-15(6-7-19(16)29(32)33)37-20-8-5-14(9-17(20)24)23(25,26)27/h5-11,13,28H,4,12H2,1-3H3. The van der Waals surface area contributed by atoms with Gasteiger partial charge in [0, 0.05) is 6.07 Å². The molecule has 206 valence electrons. The SMILES string of the molecule is CCOC(=O)C(C)SC(=O)CONC(=COC)c1cc(Oc2ccc(C(F)(F)F)cc2Cl)ccc1[N+](=O)[O-]. The van der Waals surface area contributed by atoms with Crippen LogP contribution in [0.3, 0.4) is 0 Å². The lowest BCUT2D eigenvalue weighted by atomic mass is 10.1. The quantitative estimate of drug-likeness (QED) is 0.144. The number of benzene rings is 2. The van der Waals surface area contributed by atoms with E-state index in [1.54, 1.807) is 6.92 Å². The Morgan fingerprint density at radius 2 is 1.95 bits per heavy atom. The Bertz CT molecular complexity index is 1210. The van der Waals surface area contributed by atoms with Gasteiger partial charge < -0.3 is 14.2 Å². The third-order valence-corrected chi connectivity index (χ3v) is 5.70. The minimum absolute atomic E-state index is 0.00837. The summed E-state index contributed by atoms with van der Waals surface area (Å²) in [4.78, 5) is 39.8. The zero-order chi connectivity index (χ0) is 28.5. The lowest BCUT2D eigenvalue weighted by Crippen LogP contribution is -2.22. The Morgan fingerprint density at radius 3 is 2.53 bits per heavy atom. The Balaban J connectivity index is 2.22. The first-order chi connectivity index (χ1) is 17.9. The molecule has 2 rings (SSSR count). The molecule has 2 aromatic carbocycles. The average Bonchev–Trinajstić information content (AvgIpc) is 2.84. The van der Waals surface area contributed by atoms with Gasteiger partial charge in [-0.05, 0) is 44.2 Å². The largest absolute Gasteiger partial charge is 0.502 e. The molecule has 2 aromatic rings. The molecule has 0 aliphatic carbocycles. The number of hydrogen-bond donors (Lipinski definition) is 1. The summed E-state index contributed by atoms with van der Waals surface area (Å²) in [7, 11) is 1.26. The Morgan fingerprint density at radius 1 is 1.24 bits per heavy atom. The molecular formula is C23H22ClF3N2O8S. The van der Waals surface area contributed by atoms with Gasteiger partial charge in [-0.1, -0.05) is 23.4 Å². The minimum atomic E-state index is -4.61. The van der Waals surface area contributed by atoms with Gasteiger partial charge in [-0.25, -0.2) is 0 Å². The third-order valence-electron chi connectivity index (χ3n) is 4.48. The van der Waals surface area contributed by atoms with E-state index in [4.69, 9.17) is 30.6 Å². The highest BCUT2D eigenvalue weighted by Crippen LogP contribution is 2.38. The number of hydroxylamine groups is 1. The molecule has 0 aliphatic heterocycles. The molecule has 10 nitrogen and oxygen atoms in total. The van der Waals surface area contributed by atoms with Crippen LogP contribution in [0.2, 0.25) is 5.02 Å². The molecule has 0 spiro atoms. The number of esters is 1. The molecule has 0 saturated carbocycles. The molecule has 1 N–H and O–H groups in total. The van der Waals surface area contributed by atoms with E-state index in [0.717, 1.165) is 24.5 Å². The summed E-state index contributed by atoms with van der Waals surface area (Å²) in [5.41, 5.74) is 0.822. The number of ether oxygens (including phenoxy) is 3. The smallest absolute Gasteiger partial charge is 0.416 e. The Kier molecular flexibility index (Phi) is 11.2. The molecular weight excluding hydrogens is 557 g/mol. The molecule has 0 amide bonds. The zero-order valence-corrected chi connectivity index (χ0v) is 21.7. The fourth-order valence-electron chi connectivity index (χ4n) is 2.81. The van der Waals surface area contributed by atoms with Crippen LogP contribution >= 0.6 is 23.4 Å². The maximum atomic E-state index is 12.9. The number of carbonyl (C=O) groups excluding carboxylic acids is 2. The van der Waals surface area contributed by atoms with Gasteiger partial charge in [-0.15, -0.1) is 0 Å². The van der Waals surface area contributed by atoms with Crippen molar-refractivity contribution in [2.24, 2.45) is 0 Å². The highest BCUT2D eigenvalue weighted by atomic mass is 35.5. The second kappa shape index (κ2) is 13.9. The van der Waals surface area contributed by atoms with Gasteiger partial charge in [0.15, 0.2) is 0 Å². The Hall–Kier alpha value is -3.49. The number of nitrogens with zero attached hydrogens (tertiary/aromatic N) is 1. The predicted octanol–water partition coefficient (Wildman–Crippen LogP) is 5.74. The number of rotatable bonds is 12. The van der Waals surface area contributed by atoms with Crippen LogP contribution in [0.4, 0.5) is 18.9 Å². The molecule has 0 radical (unpaired) electrons. The molecule has 0 bridgehead atoms. The van der Waals surface area contributed by atoms with Crippen molar-refractivity contribution in [3.8, 4) is 11.5 Å². The van der Waals surface area contributed by atoms with Crippen molar-refractivity contribution in [3.05, 3.63) is 68.9 Å². The van der Waals surface area contributed by atoms with E-state index in [9.17, 15) is 32.9 Å². The zero-order valence-electron chi connectivity index (χ0n) is 20.2. The Labute approximate surface area is 224 Å². The molecule has 1 atom stereocenters. The monoisotopic (exact) mass is 578 g/mol. The van der Waals surface area contributed by atoms with Gasteiger partial charge in [0.1, 0.15) is 35.3 Å². The summed E-state index contributed by atoms with van der Waals surface area (Å²) < 4.78 is 54.0. The highest BCUT2D eigenvalue weighted by molar-refractivity contribution is 8.14. The number of hydrogen-bond acceptors (Lipinski definition) is 10. The summed E-state index contributed by atoms with van der Waals surface area (Å²) in [5.74, 6) is -0.704. The van der Waals surface area contributed by atoms with Crippen LogP contribution in [0, 0.1) is 10.1 Å². The number of halogens is 4. The first-order valence-electron chi connectivity index (χ1n) is 10.7. The second-order valence-electron chi connectivity index (χ2n) is 7.22. The van der Waals surface area contributed by atoms with E-state index in [1.165, 1.54) is 26.2 Å². The molecule has 38 heavy (non-hydrogen) atoms. The van der Waals surface area contributed by atoms with Crippen LogP contribution in [0.15, 0.2) is 42.7 Å². The minimum Gasteiger partial charge on any atom is -0.502 e. The van der Waals surface area contributed by atoms with Crippen LogP contribution in [0.1, 0.15) is 25.0 Å². The topological polar surface area (TPSA) is 126 Å². The molecule has 0 aliphatic rings. The number of thioether (sulfide) groups is 1. The first-order valence-corrected chi connectivity index (χ1v) is 11.9. The van der Waals surface area contributed by atoms with Crippen LogP contribution < -0.4 is 10.2 Å². The highest BCUT2D eigenvalue weighted by Gasteiger charge is 2.31. The number of nitrogens with one attached hydrogen (secondary N) is 1. The van der Waals surface area contributed by atoms with Crippen molar-refractivity contribution in [3.63, 3.8) is 0 Å². The van der Waals surface area contributed by atoms with Crippen molar-refractivity contribution < 1.29 is 46.7 Å². The molecule has 0 aromatic heterocycles. The van der Waals surface area contributed by atoms with E-state index in [-0.39, 0.29) is 34.4 Å². The normalized spacial score (nSPS) is 12.4. The first kappa shape index (κ1) is 30.7. The number of nitro groups is 1. The van der Waals surface area contributed by atoms with Gasteiger partial charge >= 0.3 is 12.1 Å². The summed E-state index contributed by atoms with van der Waals surface area (Å²) >= 11 is 6.61. The van der Waals surface area contributed by atoms with E-state index in [0.29, 0.717) is 17.8 Å². The number of methoxy groups -OCH3 is 1. The third kappa shape index (κ3) is 8.82. The lowest BCUT2D eigenvalue weighted by molar-refractivity contribution is -0.385. The molecule has 0 saturated heterocycles. The van der Waals surface area contributed by atoms with Gasteiger partial charge in [-0.3, -0.25) is 30.0 Å². The molecule has 0 fully saturated rings. The number of carbonyl (C=O) groups is 2. The van der Waals surface area contributed by atoms with E-state index < -0.39 is 45.3 Å². The maximum Gasteiger partial charge on any atom is 0.416 e. The molecule has 15 heteroatoms. The van der Waals surface area contributed by atoms with Crippen molar-refractivity contribution >= 4 is 45.8 Å². The maximum absolute atomic E-state index is 12.9. The number of nitro benzene ring substituents is 1. The average molecular weight is 579 g/mol. The number of alkyl halides is 3. The van der Waals surface area contributed by atoms with Crippen LogP contribution in [-0.2, 0) is 30.1 Å². The van der Waals surface area contributed by atoms with Gasteiger partial charge in [0.2, 0.25) is 5.12 Å². The van der Waals surface area contributed by atoms with Crippen molar-refractivity contribution in [1.29, 1.82) is 0 Å². The predicted molar refractivity (Wildman–Crippen MR) is 132 cm³/mol. The van der Waals surface area contributed by atoms with E-state index in [1.807, 2.05) is 0 Å². The summed E-state index contributed by atoms with van der Waals surface area (Å²) in [5, 5.41) is 9.97. The van der Waals surface area contributed by atoms with E-state index >= 15 is 0 Å². The van der Waals surface area contributed by atoms with Crippen molar-refractivity contribution in [2.75, 3.05) is 20.3 Å². The summed E-state index contributed by atoms with van der Waals surface area (Å²) in [6, 6.07) is 5.99. The van der Waals surface area contributed by atoms with Gasteiger partial charge in [0.05, 0.1) is 34.8 Å². The molecule has 1 unspecified atom stereocenters. The molecule has 0 heterocycles. The fourth-order valence-corrected chi connectivity index (χ4v) is 3.72. The van der Waals surface area contributed by atoms with Crippen LogP contribution in [0.5, 0.6) is 11.5 Å². The summed E-state index contributed by atoms with van der Waals surface area (Å²) in [6.45, 7) is 2.75. The van der Waals surface area contributed by atoms with Crippen molar-refractivity contribution in [2.45, 2.75) is 25.3 Å². The van der Waals surface area contributed by atoms with Crippen LogP contribution in [-0.4, -0.2) is 41.6 Å². The van der Waals surface area contributed by atoms with Gasteiger partial charge in [0.25, 0.3) is 5.69 Å². The summed E-state index contributed by atoms with van der Waals surface area (Å²) in [6.07, 6.45) is -3.54. The van der Waals surface area contributed by atoms with Crippen molar-refractivity contribution in [1.82, 2.24) is 5.48 Å². The van der Waals surface area contributed by atoms with E-state index in [2.05, 4.69) is 5.48 Å².